The van der Waals surface area contributed by atoms with Crippen molar-refractivity contribution in [1.82, 2.24) is 0 Å². The second-order valence-corrected chi connectivity index (χ2v) is 11.2. The zero-order valence-corrected chi connectivity index (χ0v) is 21.4. The number of carbonyl (C=O) groups excluding carboxylic acids is 3. The van der Waals surface area contributed by atoms with Crippen LogP contribution in [0.4, 0.5) is 0 Å². The van der Waals surface area contributed by atoms with Crippen molar-refractivity contribution in [3.05, 3.63) is 59.2 Å². The molecule has 1 aromatic carbocycles. The van der Waals surface area contributed by atoms with E-state index >= 15 is 0 Å². The standard InChI is InChI=1S/C29H36O6/c1-16-12-23-25(35-27(32)20-10-8-7-9-11-20)18(3)15-29(23,33)26(31)17(2)13-21-22(28(21,5)6)14-24(16)34-19(4)30/h7-13,18,21-25,33H,14-15H2,1-6H3/b16-12+,17-13+/t18-,21?,22?,23?,24-,25+,29-/m1/s1. The van der Waals surface area contributed by atoms with Crippen LogP contribution >= 0.6 is 0 Å². The van der Waals surface area contributed by atoms with Gasteiger partial charge in [0.1, 0.15) is 17.8 Å². The van der Waals surface area contributed by atoms with E-state index in [2.05, 4.69) is 13.8 Å². The molecule has 7 atom stereocenters. The molecule has 2 saturated carbocycles. The summed E-state index contributed by atoms with van der Waals surface area (Å²) in [6.45, 7) is 11.2. The molecule has 0 amide bonds. The SMILES string of the molecule is CC(=O)O[C@@H]1CC2C(/C=C(\C)C(=O)[C@@]3(O)C[C@@H](C)[C@H](OC(=O)c4ccccc4)C3/C=C/1C)C2(C)C. The highest BCUT2D eigenvalue weighted by atomic mass is 16.5. The van der Waals surface area contributed by atoms with Gasteiger partial charge in [-0.25, -0.2) is 4.79 Å². The van der Waals surface area contributed by atoms with Crippen LogP contribution in [0.3, 0.4) is 0 Å². The summed E-state index contributed by atoms with van der Waals surface area (Å²) in [4.78, 5) is 38.6. The molecule has 4 rings (SSSR count). The molecule has 0 aliphatic heterocycles. The molecule has 35 heavy (non-hydrogen) atoms. The van der Waals surface area contributed by atoms with Gasteiger partial charge in [-0.15, -0.1) is 0 Å². The van der Waals surface area contributed by atoms with Gasteiger partial charge < -0.3 is 14.6 Å². The smallest absolute Gasteiger partial charge is 0.338 e. The number of Topliss-reactive ketones (excluding diaryl/α,β-unsaturated/α-hetero) is 1. The van der Waals surface area contributed by atoms with Crippen molar-refractivity contribution in [2.24, 2.45) is 29.1 Å². The van der Waals surface area contributed by atoms with Crippen molar-refractivity contribution in [3.63, 3.8) is 0 Å². The number of esters is 2. The molecule has 188 valence electrons. The number of fused-ring (bicyclic) bond motifs is 2. The second-order valence-electron chi connectivity index (χ2n) is 11.2. The summed E-state index contributed by atoms with van der Waals surface area (Å²) in [6.07, 6.45) is 3.40. The number of benzene rings is 1. The lowest BCUT2D eigenvalue weighted by molar-refractivity contribution is -0.145. The first-order chi connectivity index (χ1) is 16.4. The molecular formula is C29H36O6. The Morgan fingerprint density at radius 3 is 2.31 bits per heavy atom. The number of ketones is 1. The van der Waals surface area contributed by atoms with Gasteiger partial charge in [0, 0.05) is 6.92 Å². The van der Waals surface area contributed by atoms with Crippen LogP contribution in [-0.4, -0.2) is 40.6 Å². The van der Waals surface area contributed by atoms with Gasteiger partial charge in [-0.2, -0.15) is 0 Å². The van der Waals surface area contributed by atoms with E-state index < -0.39 is 29.7 Å². The van der Waals surface area contributed by atoms with Crippen molar-refractivity contribution < 1.29 is 29.0 Å². The molecule has 1 N–H and O–H groups in total. The maximum Gasteiger partial charge on any atom is 0.338 e. The number of allylic oxidation sites excluding steroid dienone is 1. The summed E-state index contributed by atoms with van der Waals surface area (Å²) in [7, 11) is 0. The molecule has 6 nitrogen and oxygen atoms in total. The Hall–Kier alpha value is -2.73. The molecule has 0 heterocycles. The molecule has 3 aliphatic carbocycles. The van der Waals surface area contributed by atoms with Crippen LogP contribution in [0.25, 0.3) is 0 Å². The van der Waals surface area contributed by atoms with Crippen molar-refractivity contribution in [2.75, 3.05) is 0 Å². The van der Waals surface area contributed by atoms with Gasteiger partial charge in [0.2, 0.25) is 0 Å². The first-order valence-corrected chi connectivity index (χ1v) is 12.4. The normalized spacial score (nSPS) is 39.0. The molecule has 0 radical (unpaired) electrons. The fourth-order valence-electron chi connectivity index (χ4n) is 6.20. The van der Waals surface area contributed by atoms with Crippen molar-refractivity contribution in [2.45, 2.75) is 72.2 Å². The van der Waals surface area contributed by atoms with Gasteiger partial charge >= 0.3 is 11.9 Å². The molecular weight excluding hydrogens is 444 g/mol. The Balaban J connectivity index is 1.76. The molecule has 6 heteroatoms. The third-order valence-corrected chi connectivity index (χ3v) is 8.40. The van der Waals surface area contributed by atoms with Crippen molar-refractivity contribution >= 4 is 17.7 Å². The van der Waals surface area contributed by atoms with Crippen LogP contribution in [0, 0.1) is 29.1 Å². The summed E-state index contributed by atoms with van der Waals surface area (Å²) in [5.41, 5.74) is -0.0552. The Labute approximate surface area is 207 Å². The largest absolute Gasteiger partial charge is 0.458 e. The van der Waals surface area contributed by atoms with Gasteiger partial charge in [0.05, 0.1) is 11.5 Å². The summed E-state index contributed by atoms with van der Waals surface area (Å²) in [5, 5.41) is 11.9. The number of rotatable bonds is 3. The fourth-order valence-corrected chi connectivity index (χ4v) is 6.20. The van der Waals surface area contributed by atoms with Crippen LogP contribution in [0.15, 0.2) is 53.6 Å². The van der Waals surface area contributed by atoms with E-state index in [1.54, 1.807) is 37.3 Å². The van der Waals surface area contributed by atoms with E-state index in [0.717, 1.165) is 5.57 Å². The molecule has 3 aliphatic rings. The molecule has 0 bridgehead atoms. The fraction of sp³-hybridized carbons (Fsp3) is 0.552. The zero-order chi connectivity index (χ0) is 25.7. The third-order valence-electron chi connectivity index (χ3n) is 8.40. The van der Waals surface area contributed by atoms with Crippen LogP contribution in [0.2, 0.25) is 0 Å². The monoisotopic (exact) mass is 480 g/mol. The highest BCUT2D eigenvalue weighted by molar-refractivity contribution is 6.02. The highest BCUT2D eigenvalue weighted by Crippen LogP contribution is 2.62. The minimum Gasteiger partial charge on any atom is -0.458 e. The topological polar surface area (TPSA) is 89.9 Å². The summed E-state index contributed by atoms with van der Waals surface area (Å²) in [6, 6.07) is 8.69. The number of aliphatic hydroxyl groups is 1. The van der Waals surface area contributed by atoms with Gasteiger partial charge in [-0.3, -0.25) is 9.59 Å². The van der Waals surface area contributed by atoms with Crippen LogP contribution in [-0.2, 0) is 19.1 Å². The van der Waals surface area contributed by atoms with Gasteiger partial charge in [-0.05, 0) is 73.1 Å². The van der Waals surface area contributed by atoms with E-state index in [1.807, 2.05) is 26.0 Å². The Morgan fingerprint density at radius 2 is 1.69 bits per heavy atom. The molecule has 0 saturated heterocycles. The predicted octanol–water partition coefficient (Wildman–Crippen LogP) is 4.67. The molecule has 3 unspecified atom stereocenters. The molecule has 0 spiro atoms. The highest BCUT2D eigenvalue weighted by Gasteiger charge is 2.60. The Kier molecular flexibility index (Phi) is 6.56. The van der Waals surface area contributed by atoms with Gasteiger partial charge in [0.25, 0.3) is 0 Å². The number of ether oxygens (including phenoxy) is 2. The molecule has 0 aromatic heterocycles. The Bertz CT molecular complexity index is 1080. The molecule has 2 fully saturated rings. The zero-order valence-electron chi connectivity index (χ0n) is 21.4. The van der Waals surface area contributed by atoms with E-state index in [-0.39, 0.29) is 41.3 Å². The van der Waals surface area contributed by atoms with Crippen LogP contribution < -0.4 is 0 Å². The van der Waals surface area contributed by atoms with E-state index in [4.69, 9.17) is 9.47 Å². The Morgan fingerprint density at radius 1 is 1.03 bits per heavy atom. The lowest BCUT2D eigenvalue weighted by Crippen LogP contribution is -2.45. The number of hydrogen-bond acceptors (Lipinski definition) is 6. The van der Waals surface area contributed by atoms with Crippen molar-refractivity contribution in [1.29, 1.82) is 0 Å². The summed E-state index contributed by atoms with van der Waals surface area (Å²) >= 11 is 0. The van der Waals surface area contributed by atoms with Gasteiger partial charge in [0.15, 0.2) is 5.78 Å². The summed E-state index contributed by atoms with van der Waals surface area (Å²) < 4.78 is 11.6. The average Bonchev–Trinajstić information content (AvgIpc) is 3.20. The summed E-state index contributed by atoms with van der Waals surface area (Å²) in [5.74, 6) is -1.81. The average molecular weight is 481 g/mol. The predicted molar refractivity (Wildman–Crippen MR) is 131 cm³/mol. The third kappa shape index (κ3) is 4.61. The minimum atomic E-state index is -1.72. The quantitative estimate of drug-likeness (QED) is 0.500. The van der Waals surface area contributed by atoms with Gasteiger partial charge in [-0.1, -0.05) is 51.1 Å². The first kappa shape index (κ1) is 25.4. The van der Waals surface area contributed by atoms with Crippen LogP contribution in [0.5, 0.6) is 0 Å². The first-order valence-electron chi connectivity index (χ1n) is 12.4. The maximum absolute atomic E-state index is 13.7. The van der Waals surface area contributed by atoms with Crippen LogP contribution in [0.1, 0.15) is 64.7 Å². The number of hydrogen-bond donors (Lipinski definition) is 1. The van der Waals surface area contributed by atoms with E-state index in [0.29, 0.717) is 17.6 Å². The van der Waals surface area contributed by atoms with E-state index in [9.17, 15) is 19.5 Å². The number of carbonyl (C=O) groups is 3. The minimum absolute atomic E-state index is 0.0296. The lowest BCUT2D eigenvalue weighted by atomic mass is 9.81. The van der Waals surface area contributed by atoms with E-state index in [1.165, 1.54) is 6.92 Å². The second kappa shape index (κ2) is 9.05. The maximum atomic E-state index is 13.7. The lowest BCUT2D eigenvalue weighted by Gasteiger charge is -2.31. The molecule has 1 aromatic rings. The van der Waals surface area contributed by atoms with Crippen molar-refractivity contribution in [3.8, 4) is 0 Å².